The Morgan fingerprint density at radius 3 is 2.72 bits per heavy atom. The first-order valence-corrected chi connectivity index (χ1v) is 7.53. The van der Waals surface area contributed by atoms with Crippen LogP contribution in [0.3, 0.4) is 0 Å². The largest absolute Gasteiger partial charge is 0.493 e. The first kappa shape index (κ1) is 13.9. The topological polar surface area (TPSA) is 35.2 Å². The molecule has 3 heteroatoms. The van der Waals surface area contributed by atoms with Gasteiger partial charge in [-0.25, -0.2) is 0 Å². The molecule has 0 heterocycles. The summed E-state index contributed by atoms with van der Waals surface area (Å²) in [5.74, 6) is 1.80. The maximum atomic E-state index is 6.05. The maximum Gasteiger partial charge on any atom is 0.125 e. The molecule has 0 saturated heterocycles. The lowest BCUT2D eigenvalue weighted by Gasteiger charge is -2.26. The number of hydrogen-bond acceptors (Lipinski definition) is 2. The summed E-state index contributed by atoms with van der Waals surface area (Å²) in [4.78, 5) is 0. The molecular formula is C15H22BrNO. The fraction of sp³-hybridized carbons (Fsp3) is 0.600. The van der Waals surface area contributed by atoms with Crippen molar-refractivity contribution in [1.29, 1.82) is 0 Å². The minimum Gasteiger partial charge on any atom is -0.493 e. The zero-order valence-electron chi connectivity index (χ0n) is 11.2. The second-order valence-electron chi connectivity index (χ2n) is 5.50. The highest BCUT2D eigenvalue weighted by Crippen LogP contribution is 2.32. The van der Waals surface area contributed by atoms with Crippen molar-refractivity contribution < 1.29 is 4.74 Å². The van der Waals surface area contributed by atoms with Crippen LogP contribution in [0.25, 0.3) is 0 Å². The van der Waals surface area contributed by atoms with Gasteiger partial charge in [0.15, 0.2) is 0 Å². The molecule has 1 aliphatic carbocycles. The molecule has 0 amide bonds. The minimum absolute atomic E-state index is 0.157. The van der Waals surface area contributed by atoms with Crippen LogP contribution < -0.4 is 10.5 Å². The molecule has 2 rings (SSSR count). The van der Waals surface area contributed by atoms with Gasteiger partial charge in [-0.05, 0) is 62.3 Å². The van der Waals surface area contributed by atoms with Crippen LogP contribution in [-0.4, -0.2) is 12.6 Å². The molecular weight excluding hydrogens is 290 g/mol. The van der Waals surface area contributed by atoms with Gasteiger partial charge in [0.25, 0.3) is 0 Å². The molecule has 1 unspecified atom stereocenters. The molecule has 0 aromatic heterocycles. The van der Waals surface area contributed by atoms with Gasteiger partial charge in [0, 0.05) is 10.5 Å². The van der Waals surface area contributed by atoms with Crippen LogP contribution in [0.15, 0.2) is 16.6 Å². The Labute approximate surface area is 118 Å². The normalized spacial score (nSPS) is 17.3. The van der Waals surface area contributed by atoms with Gasteiger partial charge >= 0.3 is 0 Å². The van der Waals surface area contributed by atoms with Gasteiger partial charge in [-0.1, -0.05) is 22.4 Å². The first-order chi connectivity index (χ1) is 8.56. The van der Waals surface area contributed by atoms with Crippen LogP contribution in [0.4, 0.5) is 0 Å². The summed E-state index contributed by atoms with van der Waals surface area (Å²) in [6, 6.07) is 4.40. The van der Waals surface area contributed by atoms with E-state index in [9.17, 15) is 0 Å². The fourth-order valence-electron chi connectivity index (χ4n) is 2.36. The Kier molecular flexibility index (Phi) is 4.68. The molecule has 1 aromatic rings. The van der Waals surface area contributed by atoms with Gasteiger partial charge < -0.3 is 10.5 Å². The van der Waals surface area contributed by atoms with Gasteiger partial charge in [-0.2, -0.15) is 0 Å². The Morgan fingerprint density at radius 2 is 2.17 bits per heavy atom. The second kappa shape index (κ2) is 6.07. The summed E-state index contributed by atoms with van der Waals surface area (Å²) in [5.41, 5.74) is 8.33. The van der Waals surface area contributed by atoms with E-state index in [0.717, 1.165) is 29.2 Å². The third-order valence-electron chi connectivity index (χ3n) is 3.55. The second-order valence-corrected chi connectivity index (χ2v) is 6.42. The SMILES string of the molecule is Cc1cc(Br)cc(CC(C)N)c1OCC1CCC1. The number of benzene rings is 1. The summed E-state index contributed by atoms with van der Waals surface area (Å²) in [6.07, 6.45) is 4.86. The van der Waals surface area contributed by atoms with Crippen molar-refractivity contribution in [2.24, 2.45) is 11.7 Å². The van der Waals surface area contributed by atoms with Gasteiger partial charge in [0.05, 0.1) is 6.61 Å². The highest BCUT2D eigenvalue weighted by Gasteiger charge is 2.19. The van der Waals surface area contributed by atoms with Crippen molar-refractivity contribution in [2.45, 2.75) is 45.6 Å². The van der Waals surface area contributed by atoms with Gasteiger partial charge in [0.2, 0.25) is 0 Å². The highest BCUT2D eigenvalue weighted by molar-refractivity contribution is 9.10. The number of aryl methyl sites for hydroxylation is 1. The minimum atomic E-state index is 0.157. The molecule has 1 atom stereocenters. The smallest absolute Gasteiger partial charge is 0.125 e. The van der Waals surface area contributed by atoms with E-state index >= 15 is 0 Å². The zero-order chi connectivity index (χ0) is 13.1. The molecule has 18 heavy (non-hydrogen) atoms. The van der Waals surface area contributed by atoms with E-state index in [4.69, 9.17) is 10.5 Å². The summed E-state index contributed by atoms with van der Waals surface area (Å²) < 4.78 is 7.15. The number of hydrogen-bond donors (Lipinski definition) is 1. The Balaban J connectivity index is 2.13. The first-order valence-electron chi connectivity index (χ1n) is 6.73. The van der Waals surface area contributed by atoms with Crippen LogP contribution in [0.5, 0.6) is 5.75 Å². The number of halogens is 1. The standard InChI is InChI=1S/C15H22BrNO/c1-10-6-14(16)8-13(7-11(2)17)15(10)18-9-12-4-3-5-12/h6,8,11-12H,3-5,7,9,17H2,1-2H3. The average molecular weight is 312 g/mol. The van der Waals surface area contributed by atoms with Gasteiger partial charge in [0.1, 0.15) is 5.75 Å². The van der Waals surface area contributed by atoms with Gasteiger partial charge in [-0.15, -0.1) is 0 Å². The Bertz CT molecular complexity index is 413. The van der Waals surface area contributed by atoms with Gasteiger partial charge in [-0.3, -0.25) is 0 Å². The van der Waals surface area contributed by atoms with Crippen molar-refractivity contribution in [2.75, 3.05) is 6.61 Å². The predicted octanol–water partition coefficient (Wildman–Crippen LogP) is 3.83. The maximum absolute atomic E-state index is 6.05. The van der Waals surface area contributed by atoms with E-state index in [1.807, 2.05) is 6.92 Å². The summed E-state index contributed by atoms with van der Waals surface area (Å²) in [7, 11) is 0. The van der Waals surface area contributed by atoms with E-state index in [1.54, 1.807) is 0 Å². The molecule has 0 bridgehead atoms. The fourth-order valence-corrected chi connectivity index (χ4v) is 2.98. The Hall–Kier alpha value is -0.540. The molecule has 0 spiro atoms. The molecule has 100 valence electrons. The van der Waals surface area contributed by atoms with Crippen molar-refractivity contribution in [3.8, 4) is 5.75 Å². The van der Waals surface area contributed by atoms with Crippen molar-refractivity contribution >= 4 is 15.9 Å². The Morgan fingerprint density at radius 1 is 1.44 bits per heavy atom. The number of ether oxygens (including phenoxy) is 1. The molecule has 1 aromatic carbocycles. The monoisotopic (exact) mass is 311 g/mol. The number of rotatable bonds is 5. The van der Waals surface area contributed by atoms with Crippen LogP contribution in [0.2, 0.25) is 0 Å². The summed E-state index contributed by atoms with van der Waals surface area (Å²) in [5, 5.41) is 0. The zero-order valence-corrected chi connectivity index (χ0v) is 12.8. The molecule has 1 saturated carbocycles. The lowest BCUT2D eigenvalue weighted by Crippen LogP contribution is -2.21. The predicted molar refractivity (Wildman–Crippen MR) is 79.1 cm³/mol. The molecule has 2 nitrogen and oxygen atoms in total. The summed E-state index contributed by atoms with van der Waals surface area (Å²) >= 11 is 3.55. The number of nitrogens with two attached hydrogens (primary N) is 1. The van der Waals surface area contributed by atoms with E-state index in [1.165, 1.54) is 30.4 Å². The molecule has 0 aliphatic heterocycles. The van der Waals surface area contributed by atoms with E-state index in [2.05, 4.69) is 35.0 Å². The quantitative estimate of drug-likeness (QED) is 0.897. The van der Waals surface area contributed by atoms with Crippen LogP contribution in [0.1, 0.15) is 37.3 Å². The van der Waals surface area contributed by atoms with E-state index in [0.29, 0.717) is 0 Å². The van der Waals surface area contributed by atoms with E-state index < -0.39 is 0 Å². The molecule has 1 fully saturated rings. The summed E-state index contributed by atoms with van der Waals surface area (Å²) in [6.45, 7) is 4.99. The molecule has 1 aliphatic rings. The van der Waals surface area contributed by atoms with Crippen molar-refractivity contribution in [3.63, 3.8) is 0 Å². The lowest BCUT2D eigenvalue weighted by atomic mass is 9.86. The molecule has 2 N–H and O–H groups in total. The third kappa shape index (κ3) is 3.48. The van der Waals surface area contributed by atoms with E-state index in [-0.39, 0.29) is 6.04 Å². The third-order valence-corrected chi connectivity index (χ3v) is 4.00. The highest BCUT2D eigenvalue weighted by atomic mass is 79.9. The van der Waals surface area contributed by atoms with Crippen LogP contribution >= 0.6 is 15.9 Å². The lowest BCUT2D eigenvalue weighted by molar-refractivity contribution is 0.178. The average Bonchev–Trinajstić information content (AvgIpc) is 2.18. The van der Waals surface area contributed by atoms with Crippen molar-refractivity contribution in [1.82, 2.24) is 0 Å². The van der Waals surface area contributed by atoms with Crippen LogP contribution in [0, 0.1) is 12.8 Å². The van der Waals surface area contributed by atoms with Crippen LogP contribution in [-0.2, 0) is 6.42 Å². The molecule has 0 radical (unpaired) electrons. The van der Waals surface area contributed by atoms with Crippen molar-refractivity contribution in [3.05, 3.63) is 27.7 Å².